The van der Waals surface area contributed by atoms with Gasteiger partial charge in [-0.1, -0.05) is 22.9 Å². The molecule has 0 radical (unpaired) electrons. The van der Waals surface area contributed by atoms with Crippen LogP contribution in [0.1, 0.15) is 18.4 Å². The van der Waals surface area contributed by atoms with E-state index in [1.54, 1.807) is 11.3 Å². The van der Waals surface area contributed by atoms with E-state index in [-0.39, 0.29) is 0 Å². The zero-order chi connectivity index (χ0) is 12.5. The first-order valence-corrected chi connectivity index (χ1v) is 7.46. The van der Waals surface area contributed by atoms with E-state index >= 15 is 0 Å². The van der Waals surface area contributed by atoms with Crippen molar-refractivity contribution in [2.24, 2.45) is 0 Å². The van der Waals surface area contributed by atoms with Crippen LogP contribution in [0.15, 0.2) is 12.1 Å². The normalized spacial score (nSPS) is 17.2. The third kappa shape index (κ3) is 2.46. The molecule has 3 nitrogen and oxygen atoms in total. The molecule has 1 aromatic heterocycles. The summed E-state index contributed by atoms with van der Waals surface area (Å²) in [6.07, 6.45) is 2.32. The van der Waals surface area contributed by atoms with Crippen molar-refractivity contribution in [3.05, 3.63) is 22.7 Å². The van der Waals surface area contributed by atoms with Crippen molar-refractivity contribution in [3.8, 4) is 0 Å². The molecule has 3 rings (SSSR count). The number of piperidine rings is 1. The molecule has 0 atom stereocenters. The summed E-state index contributed by atoms with van der Waals surface area (Å²) in [7, 11) is 0. The summed E-state index contributed by atoms with van der Waals surface area (Å²) < 4.78 is 1.16. The molecule has 0 bridgehead atoms. The maximum atomic E-state index is 6.08. The van der Waals surface area contributed by atoms with Gasteiger partial charge in [0, 0.05) is 11.1 Å². The predicted octanol–water partition coefficient (Wildman–Crippen LogP) is 3.42. The van der Waals surface area contributed by atoms with E-state index in [4.69, 9.17) is 11.6 Å². The van der Waals surface area contributed by atoms with Gasteiger partial charge in [-0.3, -0.25) is 0 Å². The highest BCUT2D eigenvalue weighted by Gasteiger charge is 2.15. The molecule has 0 saturated carbocycles. The number of halogens is 1. The molecule has 0 unspecified atom stereocenters. The smallest absolute Gasteiger partial charge is 0.184 e. The van der Waals surface area contributed by atoms with Crippen LogP contribution in [-0.4, -0.2) is 24.1 Å². The van der Waals surface area contributed by atoms with Gasteiger partial charge in [-0.15, -0.1) is 0 Å². The second-order valence-electron chi connectivity index (χ2n) is 4.76. The van der Waals surface area contributed by atoms with Gasteiger partial charge in [-0.2, -0.15) is 0 Å². The lowest BCUT2D eigenvalue weighted by molar-refractivity contribution is 0.479. The molecular formula is C13H16ClN3S. The highest BCUT2D eigenvalue weighted by Crippen LogP contribution is 2.31. The second kappa shape index (κ2) is 5.03. The molecule has 96 valence electrons. The number of hydrogen-bond donors (Lipinski definition) is 2. The Morgan fingerprint density at radius 3 is 2.94 bits per heavy atom. The Morgan fingerprint density at radius 1 is 1.39 bits per heavy atom. The minimum Gasteiger partial charge on any atom is -0.359 e. The molecule has 1 saturated heterocycles. The van der Waals surface area contributed by atoms with Gasteiger partial charge in [0.15, 0.2) is 5.13 Å². The van der Waals surface area contributed by atoms with E-state index in [0.717, 1.165) is 51.9 Å². The summed E-state index contributed by atoms with van der Waals surface area (Å²) in [4.78, 5) is 4.68. The fourth-order valence-corrected chi connectivity index (χ4v) is 3.75. The molecule has 1 aliphatic heterocycles. The summed E-state index contributed by atoms with van der Waals surface area (Å²) in [5, 5.41) is 8.72. The fourth-order valence-electron chi connectivity index (χ4n) is 2.36. The van der Waals surface area contributed by atoms with Crippen molar-refractivity contribution in [2.75, 3.05) is 18.4 Å². The number of benzene rings is 1. The first-order chi connectivity index (χ1) is 8.72. The molecule has 5 heteroatoms. The number of nitrogens with zero attached hydrogens (tertiary/aromatic N) is 1. The SMILES string of the molecule is Cc1cc(Cl)cc2sc(NC3CCNCC3)nc12. The van der Waals surface area contributed by atoms with Crippen LogP contribution in [-0.2, 0) is 0 Å². The van der Waals surface area contributed by atoms with Crippen LogP contribution in [0, 0.1) is 6.92 Å². The van der Waals surface area contributed by atoms with Gasteiger partial charge >= 0.3 is 0 Å². The highest BCUT2D eigenvalue weighted by atomic mass is 35.5. The Hall–Kier alpha value is -0.840. The van der Waals surface area contributed by atoms with E-state index in [1.165, 1.54) is 0 Å². The van der Waals surface area contributed by atoms with Crippen molar-refractivity contribution in [2.45, 2.75) is 25.8 Å². The molecule has 18 heavy (non-hydrogen) atoms. The van der Waals surface area contributed by atoms with E-state index in [2.05, 4.69) is 22.5 Å². The average Bonchev–Trinajstić information content (AvgIpc) is 2.73. The molecule has 1 aromatic carbocycles. The monoisotopic (exact) mass is 281 g/mol. The van der Waals surface area contributed by atoms with Crippen LogP contribution in [0.4, 0.5) is 5.13 Å². The largest absolute Gasteiger partial charge is 0.359 e. The van der Waals surface area contributed by atoms with Gasteiger partial charge < -0.3 is 10.6 Å². The Balaban J connectivity index is 1.86. The molecule has 2 heterocycles. The molecule has 0 amide bonds. The number of aryl methyl sites for hydroxylation is 1. The summed E-state index contributed by atoms with van der Waals surface area (Å²) in [6.45, 7) is 4.24. The number of anilines is 1. The van der Waals surface area contributed by atoms with Crippen LogP contribution in [0.2, 0.25) is 5.02 Å². The summed E-state index contributed by atoms with van der Waals surface area (Å²) in [5.74, 6) is 0. The molecule has 1 fully saturated rings. The van der Waals surface area contributed by atoms with Crippen LogP contribution < -0.4 is 10.6 Å². The van der Waals surface area contributed by atoms with Gasteiger partial charge in [0.1, 0.15) is 0 Å². The Kier molecular flexibility index (Phi) is 3.41. The van der Waals surface area contributed by atoms with Gasteiger partial charge in [-0.25, -0.2) is 4.98 Å². The van der Waals surface area contributed by atoms with Crippen LogP contribution in [0.3, 0.4) is 0 Å². The predicted molar refractivity (Wildman–Crippen MR) is 78.9 cm³/mol. The van der Waals surface area contributed by atoms with Crippen molar-refractivity contribution in [1.82, 2.24) is 10.3 Å². The third-order valence-electron chi connectivity index (χ3n) is 3.32. The van der Waals surface area contributed by atoms with E-state index in [0.29, 0.717) is 6.04 Å². The van der Waals surface area contributed by atoms with Gasteiger partial charge in [0.2, 0.25) is 0 Å². The van der Waals surface area contributed by atoms with Crippen LogP contribution >= 0.6 is 22.9 Å². The standard InChI is InChI=1S/C13H16ClN3S/c1-8-6-9(14)7-11-12(8)17-13(18-11)16-10-2-4-15-5-3-10/h6-7,10,15H,2-5H2,1H3,(H,16,17). The van der Waals surface area contributed by atoms with Crippen LogP contribution in [0.25, 0.3) is 10.2 Å². The minimum atomic E-state index is 0.544. The third-order valence-corrected chi connectivity index (χ3v) is 4.47. The number of thiazole rings is 1. The first-order valence-electron chi connectivity index (χ1n) is 6.26. The Morgan fingerprint density at radius 2 is 2.17 bits per heavy atom. The van der Waals surface area contributed by atoms with Crippen molar-refractivity contribution >= 4 is 38.3 Å². The van der Waals surface area contributed by atoms with Gasteiger partial charge in [-0.05, 0) is 50.6 Å². The lowest BCUT2D eigenvalue weighted by Gasteiger charge is -2.23. The van der Waals surface area contributed by atoms with Gasteiger partial charge in [0.25, 0.3) is 0 Å². The van der Waals surface area contributed by atoms with Crippen molar-refractivity contribution < 1.29 is 0 Å². The highest BCUT2D eigenvalue weighted by molar-refractivity contribution is 7.22. The minimum absolute atomic E-state index is 0.544. The topological polar surface area (TPSA) is 37.0 Å². The molecule has 2 aromatic rings. The first kappa shape index (κ1) is 12.2. The Bertz CT molecular complexity index is 561. The molecule has 1 aliphatic rings. The molecule has 0 aliphatic carbocycles. The summed E-state index contributed by atoms with van der Waals surface area (Å²) in [5.41, 5.74) is 2.22. The second-order valence-corrected chi connectivity index (χ2v) is 6.22. The van der Waals surface area contributed by atoms with Crippen molar-refractivity contribution in [3.63, 3.8) is 0 Å². The van der Waals surface area contributed by atoms with E-state index < -0.39 is 0 Å². The lowest BCUT2D eigenvalue weighted by atomic mass is 10.1. The maximum Gasteiger partial charge on any atom is 0.184 e. The number of nitrogens with one attached hydrogen (secondary N) is 2. The number of hydrogen-bond acceptors (Lipinski definition) is 4. The maximum absolute atomic E-state index is 6.08. The fraction of sp³-hybridized carbons (Fsp3) is 0.462. The zero-order valence-corrected chi connectivity index (χ0v) is 11.9. The number of fused-ring (bicyclic) bond motifs is 1. The summed E-state index contributed by atoms with van der Waals surface area (Å²) >= 11 is 7.77. The number of aromatic nitrogens is 1. The summed E-state index contributed by atoms with van der Waals surface area (Å²) in [6, 6.07) is 4.51. The molecule has 0 spiro atoms. The van der Waals surface area contributed by atoms with Crippen LogP contribution in [0.5, 0.6) is 0 Å². The van der Waals surface area contributed by atoms with Crippen molar-refractivity contribution in [1.29, 1.82) is 0 Å². The number of rotatable bonds is 2. The van der Waals surface area contributed by atoms with Gasteiger partial charge in [0.05, 0.1) is 10.2 Å². The molecule has 2 N–H and O–H groups in total. The average molecular weight is 282 g/mol. The van der Waals surface area contributed by atoms with E-state index in [1.807, 2.05) is 12.1 Å². The molecular weight excluding hydrogens is 266 g/mol. The van der Waals surface area contributed by atoms with E-state index in [9.17, 15) is 0 Å². The lowest BCUT2D eigenvalue weighted by Crippen LogP contribution is -2.35. The Labute approximate surface area is 116 Å². The quantitative estimate of drug-likeness (QED) is 0.886. The zero-order valence-electron chi connectivity index (χ0n) is 10.3.